The van der Waals surface area contributed by atoms with Gasteiger partial charge in [0.25, 0.3) is 0 Å². The molecule has 1 aliphatic heterocycles. The summed E-state index contributed by atoms with van der Waals surface area (Å²) in [7, 11) is -0.499. The topological polar surface area (TPSA) is 3.24 Å². The molecule has 0 spiro atoms. The fourth-order valence-corrected chi connectivity index (χ4v) is 5.91. The maximum absolute atomic E-state index is 2.66. The second-order valence-electron chi connectivity index (χ2n) is 5.10. The molecule has 94 valence electrons. The summed E-state index contributed by atoms with van der Waals surface area (Å²) >= 11 is 0. The van der Waals surface area contributed by atoms with Gasteiger partial charge in [0.2, 0.25) is 0 Å². The fraction of sp³-hybridized carbons (Fsp3) is 0.857. The van der Waals surface area contributed by atoms with Gasteiger partial charge in [0.05, 0.1) is 0 Å². The molecule has 1 fully saturated rings. The maximum atomic E-state index is 2.66. The van der Waals surface area contributed by atoms with E-state index in [9.17, 15) is 0 Å². The van der Waals surface area contributed by atoms with Crippen molar-refractivity contribution in [2.75, 3.05) is 19.6 Å². The number of likely N-dealkylation sites (tertiary alicyclic amines) is 1. The lowest BCUT2D eigenvalue weighted by molar-refractivity contribution is 0.334. The van der Waals surface area contributed by atoms with Crippen LogP contribution in [-0.2, 0) is 0 Å². The fourth-order valence-electron chi connectivity index (χ4n) is 2.97. The Morgan fingerprint density at radius 1 is 1.19 bits per heavy atom. The zero-order chi connectivity index (χ0) is 11.8. The van der Waals surface area contributed by atoms with Crippen LogP contribution in [0.25, 0.3) is 0 Å². The molecule has 0 aromatic heterocycles. The first kappa shape index (κ1) is 14.0. The Labute approximate surface area is 104 Å². The van der Waals surface area contributed by atoms with Crippen molar-refractivity contribution in [3.63, 3.8) is 0 Å². The average molecular weight is 239 g/mol. The van der Waals surface area contributed by atoms with Crippen LogP contribution in [-0.4, -0.2) is 33.3 Å². The van der Waals surface area contributed by atoms with Crippen molar-refractivity contribution < 1.29 is 0 Å². The molecular weight excluding hydrogens is 210 g/mol. The molecule has 0 radical (unpaired) electrons. The Kier molecular flexibility index (Phi) is 7.05. The molecule has 0 bridgehead atoms. The van der Waals surface area contributed by atoms with Gasteiger partial charge >= 0.3 is 0 Å². The van der Waals surface area contributed by atoms with E-state index in [0.29, 0.717) is 0 Å². The van der Waals surface area contributed by atoms with Crippen molar-refractivity contribution in [2.45, 2.75) is 57.7 Å². The Balaban J connectivity index is 2.36. The van der Waals surface area contributed by atoms with Crippen LogP contribution in [0.2, 0.25) is 17.6 Å². The van der Waals surface area contributed by atoms with Gasteiger partial charge in [0.1, 0.15) is 0 Å². The van der Waals surface area contributed by atoms with Crippen molar-refractivity contribution in [3.8, 4) is 0 Å². The number of hydrogen-bond donors (Lipinski definition) is 0. The van der Waals surface area contributed by atoms with Crippen molar-refractivity contribution in [1.29, 1.82) is 0 Å². The van der Waals surface area contributed by atoms with Gasteiger partial charge in [-0.2, -0.15) is 0 Å². The summed E-state index contributed by atoms with van der Waals surface area (Å²) in [5.41, 5.74) is 0.945. The van der Waals surface area contributed by atoms with Gasteiger partial charge < -0.3 is 4.90 Å². The van der Waals surface area contributed by atoms with E-state index < -0.39 is 8.80 Å². The highest BCUT2D eigenvalue weighted by atomic mass is 28.3. The lowest BCUT2D eigenvalue weighted by Gasteiger charge is -2.24. The van der Waals surface area contributed by atoms with E-state index in [1.807, 2.05) is 0 Å². The van der Waals surface area contributed by atoms with Gasteiger partial charge in [-0.15, -0.1) is 0 Å². The molecule has 0 saturated carbocycles. The highest BCUT2D eigenvalue weighted by Crippen LogP contribution is 2.24. The van der Waals surface area contributed by atoms with Crippen LogP contribution in [0.1, 0.15) is 40.0 Å². The third kappa shape index (κ3) is 4.42. The molecule has 1 heterocycles. The Morgan fingerprint density at radius 3 is 2.31 bits per heavy atom. The third-order valence-corrected chi connectivity index (χ3v) is 7.94. The summed E-state index contributed by atoms with van der Waals surface area (Å²) in [5.74, 6) is 0. The Morgan fingerprint density at radius 2 is 1.81 bits per heavy atom. The lowest BCUT2D eigenvalue weighted by atomic mass is 10.2. The van der Waals surface area contributed by atoms with Crippen LogP contribution < -0.4 is 0 Å². The van der Waals surface area contributed by atoms with E-state index in [4.69, 9.17) is 0 Å². The van der Waals surface area contributed by atoms with Crippen LogP contribution in [0.3, 0.4) is 0 Å². The van der Waals surface area contributed by atoms with E-state index >= 15 is 0 Å². The first-order valence-corrected chi connectivity index (χ1v) is 9.46. The normalized spacial score (nSPS) is 20.0. The minimum Gasteiger partial charge on any atom is -0.303 e. The van der Waals surface area contributed by atoms with Gasteiger partial charge in [-0.3, -0.25) is 0 Å². The van der Waals surface area contributed by atoms with E-state index in [0.717, 1.165) is 5.54 Å². The average Bonchev–Trinajstić information content (AvgIpc) is 2.80. The quantitative estimate of drug-likeness (QED) is 0.484. The molecule has 2 heteroatoms. The molecule has 1 aliphatic rings. The molecule has 1 unspecified atom stereocenters. The molecule has 0 N–H and O–H groups in total. The van der Waals surface area contributed by atoms with E-state index in [1.165, 1.54) is 51.0 Å². The second kappa shape index (κ2) is 8.07. The van der Waals surface area contributed by atoms with Crippen molar-refractivity contribution >= 4 is 8.80 Å². The molecule has 1 rings (SSSR count). The number of hydrogen-bond acceptors (Lipinski definition) is 1. The SMILES string of the molecule is CC=CC(CCN1CCCC1)[SiH](CC)CC. The lowest BCUT2D eigenvalue weighted by Crippen LogP contribution is -2.25. The maximum Gasteiger partial charge on any atom is 0.0436 e. The predicted molar refractivity (Wildman–Crippen MR) is 77.0 cm³/mol. The van der Waals surface area contributed by atoms with Crippen LogP contribution in [0, 0.1) is 0 Å². The van der Waals surface area contributed by atoms with Crippen molar-refractivity contribution in [1.82, 2.24) is 4.90 Å². The summed E-state index contributed by atoms with van der Waals surface area (Å²) < 4.78 is 0. The molecule has 1 atom stereocenters. The van der Waals surface area contributed by atoms with Crippen LogP contribution in [0.5, 0.6) is 0 Å². The monoisotopic (exact) mass is 239 g/mol. The van der Waals surface area contributed by atoms with Crippen molar-refractivity contribution in [2.24, 2.45) is 0 Å². The van der Waals surface area contributed by atoms with Gasteiger partial charge in [-0.05, 0) is 51.4 Å². The molecular formula is C14H29NSi. The van der Waals surface area contributed by atoms with Crippen LogP contribution in [0.15, 0.2) is 12.2 Å². The number of nitrogens with zero attached hydrogens (tertiary/aromatic N) is 1. The predicted octanol–water partition coefficient (Wildman–Crippen LogP) is 3.69. The molecule has 0 aliphatic carbocycles. The Bertz CT molecular complexity index is 193. The largest absolute Gasteiger partial charge is 0.303 e. The molecule has 0 aromatic carbocycles. The third-order valence-electron chi connectivity index (χ3n) is 4.07. The van der Waals surface area contributed by atoms with E-state index in [-0.39, 0.29) is 0 Å². The van der Waals surface area contributed by atoms with Crippen LogP contribution in [0.4, 0.5) is 0 Å². The highest BCUT2D eigenvalue weighted by Gasteiger charge is 2.19. The molecule has 16 heavy (non-hydrogen) atoms. The summed E-state index contributed by atoms with van der Waals surface area (Å²) in [5, 5.41) is 0. The number of allylic oxidation sites excluding steroid dienone is 2. The zero-order valence-electron chi connectivity index (χ0n) is 11.4. The van der Waals surface area contributed by atoms with Gasteiger partial charge in [-0.1, -0.05) is 38.1 Å². The Hall–Kier alpha value is -0.0831. The second-order valence-corrected chi connectivity index (χ2v) is 9.11. The number of rotatable bonds is 7. The molecule has 1 saturated heterocycles. The van der Waals surface area contributed by atoms with E-state index in [1.54, 1.807) is 0 Å². The first-order valence-electron chi connectivity index (χ1n) is 7.16. The smallest absolute Gasteiger partial charge is 0.0436 e. The summed E-state index contributed by atoms with van der Waals surface area (Å²) in [6.07, 6.45) is 9.05. The zero-order valence-corrected chi connectivity index (χ0v) is 12.6. The van der Waals surface area contributed by atoms with Crippen molar-refractivity contribution in [3.05, 3.63) is 12.2 Å². The summed E-state index contributed by atoms with van der Waals surface area (Å²) in [6, 6.07) is 2.93. The molecule has 0 amide bonds. The highest BCUT2D eigenvalue weighted by molar-refractivity contribution is 6.60. The molecule has 1 nitrogen and oxygen atoms in total. The van der Waals surface area contributed by atoms with Gasteiger partial charge in [-0.25, -0.2) is 0 Å². The minimum atomic E-state index is -0.499. The van der Waals surface area contributed by atoms with Gasteiger partial charge in [0.15, 0.2) is 0 Å². The molecule has 0 aromatic rings. The summed E-state index contributed by atoms with van der Waals surface area (Å²) in [6.45, 7) is 11.0. The van der Waals surface area contributed by atoms with Gasteiger partial charge in [0, 0.05) is 8.80 Å². The first-order chi connectivity index (χ1) is 7.81. The standard InChI is InChI=1S/C14H29NSi/c1-4-9-14(16(5-2)6-3)10-13-15-11-7-8-12-15/h4,9,14,16H,5-8,10-13H2,1-3H3. The van der Waals surface area contributed by atoms with E-state index in [2.05, 4.69) is 37.8 Å². The minimum absolute atomic E-state index is 0.499. The summed E-state index contributed by atoms with van der Waals surface area (Å²) in [4.78, 5) is 2.66. The van der Waals surface area contributed by atoms with Crippen LogP contribution >= 0.6 is 0 Å².